The van der Waals surface area contributed by atoms with Gasteiger partial charge in [-0.05, 0) is 56.4 Å². The maximum atomic E-state index is 12.4. The molecule has 1 unspecified atom stereocenters. The molecule has 2 rings (SSSR count). The van der Waals surface area contributed by atoms with E-state index in [4.69, 9.17) is 23.2 Å². The number of hydrogen-bond acceptors (Lipinski definition) is 1. The quantitative estimate of drug-likeness (QED) is 0.752. The van der Waals surface area contributed by atoms with E-state index in [0.717, 1.165) is 37.1 Å². The van der Waals surface area contributed by atoms with Crippen LogP contribution in [0.2, 0.25) is 5.02 Å². The maximum Gasteiger partial charge on any atom is 0.253 e. The molecule has 1 aromatic carbocycles. The van der Waals surface area contributed by atoms with Crippen LogP contribution in [-0.4, -0.2) is 29.3 Å². The standard InChI is InChI=1S/C15H19Cl2NO/c1-10-9-13(3-4-14(10)17)15(19)18-7-5-12(6-8-18)11(2)16/h3-4,9,11-12H,5-8H2,1-2H3. The highest BCUT2D eigenvalue weighted by molar-refractivity contribution is 6.31. The van der Waals surface area contributed by atoms with Gasteiger partial charge in [0.2, 0.25) is 0 Å². The summed E-state index contributed by atoms with van der Waals surface area (Å²) in [5, 5.41) is 0.890. The second kappa shape index (κ2) is 6.15. The highest BCUT2D eigenvalue weighted by atomic mass is 35.5. The van der Waals surface area contributed by atoms with E-state index < -0.39 is 0 Å². The third-order valence-electron chi connectivity index (χ3n) is 3.88. The van der Waals surface area contributed by atoms with Gasteiger partial charge in [-0.3, -0.25) is 4.79 Å². The Balaban J connectivity index is 2.03. The van der Waals surface area contributed by atoms with Gasteiger partial charge in [0.15, 0.2) is 0 Å². The van der Waals surface area contributed by atoms with Crippen LogP contribution in [0, 0.1) is 12.8 Å². The Hall–Kier alpha value is -0.730. The summed E-state index contributed by atoms with van der Waals surface area (Å²) in [5.41, 5.74) is 1.66. The Morgan fingerprint density at radius 3 is 2.53 bits per heavy atom. The Bertz CT molecular complexity index is 465. The summed E-state index contributed by atoms with van der Waals surface area (Å²) in [6, 6.07) is 5.45. The number of carbonyl (C=O) groups is 1. The van der Waals surface area contributed by atoms with E-state index in [1.165, 1.54) is 0 Å². The van der Waals surface area contributed by atoms with E-state index in [-0.39, 0.29) is 11.3 Å². The molecule has 0 N–H and O–H groups in total. The number of piperidine rings is 1. The monoisotopic (exact) mass is 299 g/mol. The number of likely N-dealkylation sites (tertiary alicyclic amines) is 1. The van der Waals surface area contributed by atoms with Crippen molar-refractivity contribution in [3.8, 4) is 0 Å². The zero-order valence-electron chi connectivity index (χ0n) is 11.3. The molecule has 1 aliphatic rings. The highest BCUT2D eigenvalue weighted by Crippen LogP contribution is 2.25. The van der Waals surface area contributed by atoms with E-state index in [9.17, 15) is 4.79 Å². The van der Waals surface area contributed by atoms with Crippen LogP contribution in [0.1, 0.15) is 35.7 Å². The summed E-state index contributed by atoms with van der Waals surface area (Å²) in [5.74, 6) is 0.623. The molecule has 1 saturated heterocycles. The molecule has 0 spiro atoms. The third kappa shape index (κ3) is 3.43. The van der Waals surface area contributed by atoms with Gasteiger partial charge in [0, 0.05) is 29.1 Å². The number of halogens is 2. The number of hydrogen-bond donors (Lipinski definition) is 0. The Labute approximate surface area is 124 Å². The average molecular weight is 300 g/mol. The molecular weight excluding hydrogens is 281 g/mol. The van der Waals surface area contributed by atoms with Crippen molar-refractivity contribution in [1.82, 2.24) is 4.90 Å². The average Bonchev–Trinajstić information content (AvgIpc) is 2.41. The lowest BCUT2D eigenvalue weighted by molar-refractivity contribution is 0.0690. The normalized spacial score (nSPS) is 18.4. The van der Waals surface area contributed by atoms with Crippen LogP contribution in [0.25, 0.3) is 0 Å². The largest absolute Gasteiger partial charge is 0.339 e. The van der Waals surface area contributed by atoms with Crippen LogP contribution < -0.4 is 0 Å². The molecule has 0 radical (unpaired) electrons. The van der Waals surface area contributed by atoms with Gasteiger partial charge in [-0.1, -0.05) is 11.6 Å². The van der Waals surface area contributed by atoms with Gasteiger partial charge < -0.3 is 4.90 Å². The van der Waals surface area contributed by atoms with Crippen molar-refractivity contribution in [1.29, 1.82) is 0 Å². The van der Waals surface area contributed by atoms with E-state index in [1.54, 1.807) is 12.1 Å². The van der Waals surface area contributed by atoms with E-state index in [1.807, 2.05) is 24.8 Å². The van der Waals surface area contributed by atoms with Gasteiger partial charge >= 0.3 is 0 Å². The first-order valence-corrected chi connectivity index (χ1v) is 7.50. The van der Waals surface area contributed by atoms with Crippen LogP contribution in [0.15, 0.2) is 18.2 Å². The predicted octanol–water partition coefficient (Wildman–Crippen LogP) is 4.13. The molecule has 0 bridgehead atoms. The van der Waals surface area contributed by atoms with Crippen LogP contribution >= 0.6 is 23.2 Å². The summed E-state index contributed by atoms with van der Waals surface area (Å²) in [6.45, 7) is 5.54. The zero-order chi connectivity index (χ0) is 14.0. The van der Waals surface area contributed by atoms with Gasteiger partial charge in [-0.15, -0.1) is 11.6 Å². The molecular formula is C15H19Cl2NO. The predicted molar refractivity (Wildman–Crippen MR) is 80.1 cm³/mol. The van der Waals surface area contributed by atoms with Crippen molar-refractivity contribution >= 4 is 29.1 Å². The molecule has 2 nitrogen and oxygen atoms in total. The van der Waals surface area contributed by atoms with Crippen molar-refractivity contribution in [3.05, 3.63) is 34.3 Å². The molecule has 1 atom stereocenters. The van der Waals surface area contributed by atoms with Crippen molar-refractivity contribution in [2.24, 2.45) is 5.92 Å². The summed E-state index contributed by atoms with van der Waals surface area (Å²) >= 11 is 12.1. The van der Waals surface area contributed by atoms with E-state index >= 15 is 0 Å². The lowest BCUT2D eigenvalue weighted by atomic mass is 9.93. The van der Waals surface area contributed by atoms with Gasteiger partial charge in [-0.25, -0.2) is 0 Å². The number of benzene rings is 1. The highest BCUT2D eigenvalue weighted by Gasteiger charge is 2.26. The minimum atomic E-state index is 0.0976. The second-order valence-corrected chi connectivity index (χ2v) is 6.37. The molecule has 1 aromatic rings. The summed E-state index contributed by atoms with van der Waals surface area (Å²) in [7, 11) is 0. The first-order chi connectivity index (χ1) is 8.99. The first-order valence-electron chi connectivity index (χ1n) is 6.68. The first kappa shape index (κ1) is 14.7. The minimum absolute atomic E-state index is 0.0976. The number of aryl methyl sites for hydroxylation is 1. The Kier molecular flexibility index (Phi) is 4.75. The minimum Gasteiger partial charge on any atom is -0.339 e. The molecule has 0 saturated carbocycles. The molecule has 1 amide bonds. The molecule has 1 fully saturated rings. The maximum absolute atomic E-state index is 12.4. The smallest absolute Gasteiger partial charge is 0.253 e. The van der Waals surface area contributed by atoms with Crippen LogP contribution in [0.4, 0.5) is 0 Å². The summed E-state index contributed by atoms with van der Waals surface area (Å²) in [4.78, 5) is 14.3. The number of amides is 1. The Morgan fingerprint density at radius 2 is 2.00 bits per heavy atom. The fourth-order valence-electron chi connectivity index (χ4n) is 2.52. The van der Waals surface area contributed by atoms with Crippen LogP contribution in [0.5, 0.6) is 0 Å². The number of alkyl halides is 1. The van der Waals surface area contributed by atoms with Gasteiger partial charge in [-0.2, -0.15) is 0 Å². The number of carbonyl (C=O) groups excluding carboxylic acids is 1. The SMILES string of the molecule is Cc1cc(C(=O)N2CCC(C(C)Cl)CC2)ccc1Cl. The van der Waals surface area contributed by atoms with Gasteiger partial charge in [0.25, 0.3) is 5.91 Å². The molecule has 19 heavy (non-hydrogen) atoms. The Morgan fingerprint density at radius 1 is 1.37 bits per heavy atom. The molecule has 4 heteroatoms. The van der Waals surface area contributed by atoms with Gasteiger partial charge in [0.05, 0.1) is 0 Å². The van der Waals surface area contributed by atoms with Crippen LogP contribution in [0.3, 0.4) is 0 Å². The lowest BCUT2D eigenvalue weighted by Gasteiger charge is -2.33. The van der Waals surface area contributed by atoms with Crippen molar-refractivity contribution in [3.63, 3.8) is 0 Å². The molecule has 1 heterocycles. The van der Waals surface area contributed by atoms with Crippen LogP contribution in [-0.2, 0) is 0 Å². The zero-order valence-corrected chi connectivity index (χ0v) is 12.8. The van der Waals surface area contributed by atoms with E-state index in [2.05, 4.69) is 0 Å². The molecule has 104 valence electrons. The number of rotatable bonds is 2. The number of nitrogens with zero attached hydrogens (tertiary/aromatic N) is 1. The van der Waals surface area contributed by atoms with Crippen molar-refractivity contribution < 1.29 is 4.79 Å². The summed E-state index contributed by atoms with van der Waals surface area (Å²) < 4.78 is 0. The van der Waals surface area contributed by atoms with Gasteiger partial charge in [0.1, 0.15) is 0 Å². The third-order valence-corrected chi connectivity index (χ3v) is 4.66. The fraction of sp³-hybridized carbons (Fsp3) is 0.533. The lowest BCUT2D eigenvalue weighted by Crippen LogP contribution is -2.40. The second-order valence-electron chi connectivity index (χ2n) is 5.27. The molecule has 0 aromatic heterocycles. The fourth-order valence-corrected chi connectivity index (χ4v) is 2.89. The van der Waals surface area contributed by atoms with E-state index in [0.29, 0.717) is 10.9 Å². The summed E-state index contributed by atoms with van der Waals surface area (Å²) in [6.07, 6.45) is 1.98. The molecule has 1 aliphatic heterocycles. The van der Waals surface area contributed by atoms with Crippen molar-refractivity contribution in [2.75, 3.05) is 13.1 Å². The molecule has 0 aliphatic carbocycles. The topological polar surface area (TPSA) is 20.3 Å². The van der Waals surface area contributed by atoms with Crippen molar-refractivity contribution in [2.45, 2.75) is 32.1 Å².